The van der Waals surface area contributed by atoms with Gasteiger partial charge in [-0.3, -0.25) is 11.3 Å². The molecule has 5 heteroatoms. The number of nitrogens with one attached hydrogen (secondary N) is 1. The molecule has 0 aliphatic rings. The Bertz CT molecular complexity index is 322. The van der Waals surface area contributed by atoms with Gasteiger partial charge < -0.3 is 0 Å². The number of thioether (sulfide) groups is 1. The minimum absolute atomic E-state index is 0.174. The summed E-state index contributed by atoms with van der Waals surface area (Å²) in [5.41, 5.74) is 3.17. The highest BCUT2D eigenvalue weighted by atomic mass is 35.5. The quantitative estimate of drug-likeness (QED) is 0.622. The molecule has 3 N–H and O–H groups in total. The molecule has 0 aliphatic carbocycles. The topological polar surface area (TPSA) is 38.0 Å². The number of benzene rings is 1. The molecule has 1 unspecified atom stereocenters. The van der Waals surface area contributed by atoms with Crippen LogP contribution < -0.4 is 11.3 Å². The zero-order valence-corrected chi connectivity index (χ0v) is 10.0. The Hall–Kier alpha value is -0.290. The first-order valence-corrected chi connectivity index (χ1v) is 6.21. The molecule has 0 saturated carbocycles. The van der Waals surface area contributed by atoms with Gasteiger partial charge in [0.25, 0.3) is 0 Å². The summed E-state index contributed by atoms with van der Waals surface area (Å²) in [6, 6.07) is 4.46. The largest absolute Gasteiger partial charge is 0.271 e. The molecule has 1 aromatic rings. The average Bonchev–Trinajstić information content (AvgIpc) is 2.21. The lowest BCUT2D eigenvalue weighted by molar-refractivity contribution is 0.547. The van der Waals surface area contributed by atoms with Gasteiger partial charge in [0.1, 0.15) is 5.82 Å². The zero-order valence-electron chi connectivity index (χ0n) is 8.47. The van der Waals surface area contributed by atoms with Gasteiger partial charge in [-0.15, -0.1) is 0 Å². The van der Waals surface area contributed by atoms with Crippen molar-refractivity contribution in [2.24, 2.45) is 5.84 Å². The van der Waals surface area contributed by atoms with Crippen molar-refractivity contribution in [3.63, 3.8) is 0 Å². The van der Waals surface area contributed by atoms with E-state index in [2.05, 4.69) is 12.3 Å². The van der Waals surface area contributed by atoms with E-state index in [0.717, 1.165) is 11.5 Å². The van der Waals surface area contributed by atoms with Gasteiger partial charge in [0, 0.05) is 16.3 Å². The number of hydrazine groups is 1. The van der Waals surface area contributed by atoms with E-state index in [-0.39, 0.29) is 11.9 Å². The molecular formula is C10H14ClFN2S. The maximum absolute atomic E-state index is 13.5. The van der Waals surface area contributed by atoms with E-state index in [4.69, 9.17) is 17.4 Å². The molecule has 0 amide bonds. The molecule has 0 saturated heterocycles. The molecule has 1 rings (SSSR count). The Morgan fingerprint density at radius 1 is 1.60 bits per heavy atom. The second-order valence-corrected chi connectivity index (χ2v) is 4.80. The van der Waals surface area contributed by atoms with Crippen LogP contribution in [0.5, 0.6) is 0 Å². The summed E-state index contributed by atoms with van der Waals surface area (Å²) >= 11 is 7.38. The van der Waals surface area contributed by atoms with Crippen LogP contribution in [0, 0.1) is 5.82 Å². The second-order valence-electron chi connectivity index (χ2n) is 3.04. The maximum atomic E-state index is 13.5. The summed E-state index contributed by atoms with van der Waals surface area (Å²) in [5, 5.41) is 0.398. The van der Waals surface area contributed by atoms with Gasteiger partial charge in [0.15, 0.2) is 0 Å². The molecule has 1 aromatic carbocycles. The molecule has 0 spiro atoms. The predicted molar refractivity (Wildman–Crippen MR) is 64.5 cm³/mol. The van der Waals surface area contributed by atoms with Crippen molar-refractivity contribution >= 4 is 23.4 Å². The highest BCUT2D eigenvalue weighted by Crippen LogP contribution is 2.23. The molecule has 1 atom stereocenters. The summed E-state index contributed by atoms with van der Waals surface area (Å²) in [5.74, 6) is 6.79. The van der Waals surface area contributed by atoms with Crippen LogP contribution >= 0.6 is 23.4 Å². The maximum Gasteiger partial charge on any atom is 0.129 e. The minimum atomic E-state index is -0.317. The van der Waals surface area contributed by atoms with Gasteiger partial charge in [0.05, 0.1) is 6.04 Å². The van der Waals surface area contributed by atoms with E-state index in [1.54, 1.807) is 23.9 Å². The van der Waals surface area contributed by atoms with Gasteiger partial charge >= 0.3 is 0 Å². The smallest absolute Gasteiger partial charge is 0.129 e. The van der Waals surface area contributed by atoms with E-state index in [0.29, 0.717) is 10.6 Å². The van der Waals surface area contributed by atoms with Crippen LogP contribution in [0.15, 0.2) is 18.2 Å². The summed E-state index contributed by atoms with van der Waals surface area (Å²) in [7, 11) is 0. The summed E-state index contributed by atoms with van der Waals surface area (Å²) in [6.45, 7) is 2.05. The fourth-order valence-corrected chi connectivity index (χ4v) is 2.15. The SMILES string of the molecule is CCSCC(NN)c1ccc(Cl)cc1F. The highest BCUT2D eigenvalue weighted by molar-refractivity contribution is 7.99. The Labute approximate surface area is 98.3 Å². The van der Waals surface area contributed by atoms with Gasteiger partial charge in [-0.05, 0) is 17.9 Å². The summed E-state index contributed by atoms with van der Waals surface area (Å²) < 4.78 is 13.5. The average molecular weight is 249 g/mol. The van der Waals surface area contributed by atoms with Crippen LogP contribution in [0.4, 0.5) is 4.39 Å². The number of hydrogen-bond donors (Lipinski definition) is 2. The molecule has 15 heavy (non-hydrogen) atoms. The van der Waals surface area contributed by atoms with Crippen molar-refractivity contribution in [3.8, 4) is 0 Å². The van der Waals surface area contributed by atoms with E-state index in [1.807, 2.05) is 0 Å². The standard InChI is InChI=1S/C10H14ClFN2S/c1-2-15-6-10(14-13)8-4-3-7(11)5-9(8)12/h3-5,10,14H,2,6,13H2,1H3. The third-order valence-corrected chi connectivity index (χ3v) is 3.24. The molecule has 0 aliphatic heterocycles. The fourth-order valence-electron chi connectivity index (χ4n) is 1.25. The van der Waals surface area contributed by atoms with Crippen molar-refractivity contribution in [1.82, 2.24) is 5.43 Å². The summed E-state index contributed by atoms with van der Waals surface area (Å²) in [6.07, 6.45) is 0. The van der Waals surface area contributed by atoms with Crippen LogP contribution in [0.1, 0.15) is 18.5 Å². The number of halogens is 2. The van der Waals surface area contributed by atoms with Crippen LogP contribution in [0.3, 0.4) is 0 Å². The molecule has 0 bridgehead atoms. The first-order chi connectivity index (χ1) is 7.19. The predicted octanol–water partition coefficient (Wildman–Crippen LogP) is 2.74. The van der Waals surface area contributed by atoms with E-state index >= 15 is 0 Å². The minimum Gasteiger partial charge on any atom is -0.271 e. The van der Waals surface area contributed by atoms with E-state index < -0.39 is 0 Å². The Kier molecular flexibility index (Phi) is 5.39. The Morgan fingerprint density at radius 2 is 2.33 bits per heavy atom. The normalized spacial score (nSPS) is 12.8. The third kappa shape index (κ3) is 3.65. The van der Waals surface area contributed by atoms with Crippen LogP contribution in [0.2, 0.25) is 5.02 Å². The first kappa shape index (κ1) is 12.8. The van der Waals surface area contributed by atoms with Crippen molar-refractivity contribution in [2.45, 2.75) is 13.0 Å². The van der Waals surface area contributed by atoms with Crippen LogP contribution in [0.25, 0.3) is 0 Å². The van der Waals surface area contributed by atoms with Gasteiger partial charge in [-0.25, -0.2) is 4.39 Å². The fraction of sp³-hybridized carbons (Fsp3) is 0.400. The van der Waals surface area contributed by atoms with Crippen molar-refractivity contribution in [1.29, 1.82) is 0 Å². The van der Waals surface area contributed by atoms with Crippen molar-refractivity contribution in [2.75, 3.05) is 11.5 Å². The summed E-state index contributed by atoms with van der Waals surface area (Å²) in [4.78, 5) is 0. The van der Waals surface area contributed by atoms with Gasteiger partial charge in [-0.1, -0.05) is 24.6 Å². The van der Waals surface area contributed by atoms with Gasteiger partial charge in [0.2, 0.25) is 0 Å². The molecule has 2 nitrogen and oxygen atoms in total. The molecular weight excluding hydrogens is 235 g/mol. The molecule has 0 heterocycles. The van der Waals surface area contributed by atoms with E-state index in [9.17, 15) is 4.39 Å². The van der Waals surface area contributed by atoms with Crippen LogP contribution in [-0.2, 0) is 0 Å². The lowest BCUT2D eigenvalue weighted by atomic mass is 10.1. The van der Waals surface area contributed by atoms with Crippen LogP contribution in [-0.4, -0.2) is 11.5 Å². The van der Waals surface area contributed by atoms with E-state index in [1.165, 1.54) is 6.07 Å². The third-order valence-electron chi connectivity index (χ3n) is 2.03. The lowest BCUT2D eigenvalue weighted by Crippen LogP contribution is -2.30. The Balaban J connectivity index is 2.81. The van der Waals surface area contributed by atoms with Crippen molar-refractivity contribution < 1.29 is 4.39 Å². The monoisotopic (exact) mass is 248 g/mol. The molecule has 0 aromatic heterocycles. The molecule has 84 valence electrons. The first-order valence-electron chi connectivity index (χ1n) is 4.67. The van der Waals surface area contributed by atoms with Crippen molar-refractivity contribution in [3.05, 3.63) is 34.6 Å². The Morgan fingerprint density at radius 3 is 2.87 bits per heavy atom. The second kappa shape index (κ2) is 6.33. The number of hydrogen-bond acceptors (Lipinski definition) is 3. The van der Waals surface area contributed by atoms with Gasteiger partial charge in [-0.2, -0.15) is 11.8 Å². The number of nitrogens with two attached hydrogens (primary N) is 1. The zero-order chi connectivity index (χ0) is 11.3. The molecule has 0 fully saturated rings. The highest BCUT2D eigenvalue weighted by Gasteiger charge is 2.14. The lowest BCUT2D eigenvalue weighted by Gasteiger charge is -2.16. The molecule has 0 radical (unpaired) electrons. The number of rotatable bonds is 5.